The summed E-state index contributed by atoms with van der Waals surface area (Å²) in [5.74, 6) is 0.945. The normalized spacial score (nSPS) is 10.8. The van der Waals surface area contributed by atoms with Crippen LogP contribution in [0, 0.1) is 0 Å². The quantitative estimate of drug-likeness (QED) is 0.279. The average molecular weight is 358 g/mol. The van der Waals surface area contributed by atoms with Gasteiger partial charge in [0.25, 0.3) is 0 Å². The summed E-state index contributed by atoms with van der Waals surface area (Å²) in [6, 6.07) is 26.8. The van der Waals surface area contributed by atoms with Gasteiger partial charge in [-0.2, -0.15) is 30.3 Å². The van der Waals surface area contributed by atoms with E-state index in [1.165, 1.54) is 10.9 Å². The molecule has 0 atom stereocenters. The Labute approximate surface area is 154 Å². The molecule has 1 aromatic heterocycles. The molecule has 0 fully saturated rings. The van der Waals surface area contributed by atoms with E-state index in [4.69, 9.17) is 4.42 Å². The summed E-state index contributed by atoms with van der Waals surface area (Å²) in [6.07, 6.45) is 0. The number of hydrogen-bond acceptors (Lipinski definition) is 1. The minimum Gasteiger partial charge on any atom is -0.476 e. The van der Waals surface area contributed by atoms with E-state index in [0.717, 1.165) is 16.9 Å². The van der Waals surface area contributed by atoms with Crippen LogP contribution in [0.15, 0.2) is 83.3 Å². The summed E-state index contributed by atoms with van der Waals surface area (Å²) in [6.45, 7) is 6.69. The molecule has 0 amide bonds. The predicted octanol–water partition coefficient (Wildman–Crippen LogP) is 6.52. The SMILES string of the molecule is CC(C)(C)c1ccc2oc(-[c-]3cccc3)cc2c1.[Fe+2].c1cc[cH-]c1. The van der Waals surface area contributed by atoms with Crippen LogP contribution in [0.3, 0.4) is 0 Å². The zero-order valence-corrected chi connectivity index (χ0v) is 15.4. The summed E-state index contributed by atoms with van der Waals surface area (Å²) in [4.78, 5) is 0. The summed E-state index contributed by atoms with van der Waals surface area (Å²) in [5, 5.41) is 1.18. The summed E-state index contributed by atoms with van der Waals surface area (Å²) >= 11 is 0. The fraction of sp³-hybridized carbons (Fsp3) is 0.182. The monoisotopic (exact) mass is 358 g/mol. The third-order valence-corrected chi connectivity index (χ3v) is 3.89. The van der Waals surface area contributed by atoms with E-state index in [2.05, 4.69) is 57.2 Å². The Morgan fingerprint density at radius 2 is 1.58 bits per heavy atom. The fourth-order valence-electron chi connectivity index (χ4n) is 2.51. The first-order valence-electron chi connectivity index (χ1n) is 7.97. The van der Waals surface area contributed by atoms with E-state index >= 15 is 0 Å². The molecule has 0 saturated heterocycles. The van der Waals surface area contributed by atoms with Gasteiger partial charge in [0.15, 0.2) is 0 Å². The smallest absolute Gasteiger partial charge is 0.476 e. The Balaban J connectivity index is 0.000000300. The molecule has 124 valence electrons. The number of benzene rings is 1. The fourth-order valence-corrected chi connectivity index (χ4v) is 2.51. The first-order chi connectivity index (χ1) is 11.0. The van der Waals surface area contributed by atoms with Crippen LogP contribution in [-0.4, -0.2) is 0 Å². The molecule has 3 aromatic carbocycles. The van der Waals surface area contributed by atoms with Crippen LogP contribution in [0.5, 0.6) is 0 Å². The van der Waals surface area contributed by atoms with Gasteiger partial charge in [0.2, 0.25) is 0 Å². The van der Waals surface area contributed by atoms with Crippen molar-refractivity contribution in [1.82, 2.24) is 0 Å². The number of rotatable bonds is 1. The molecule has 4 aromatic rings. The summed E-state index contributed by atoms with van der Waals surface area (Å²) < 4.78 is 5.88. The third kappa shape index (κ3) is 4.29. The standard InChI is InChI=1S/C17H17O.C5H5.Fe/c1-17(2,3)14-8-9-15-13(10-14)11-16(18-15)12-6-4-5-7-12;1-2-4-5-3-1;/h4-11H,1-3H3;1-5H;/q2*-1;+2. The van der Waals surface area contributed by atoms with Crippen molar-refractivity contribution in [3.8, 4) is 11.3 Å². The molecule has 4 rings (SSSR count). The number of fused-ring (bicyclic) bond motifs is 1. The Morgan fingerprint density at radius 1 is 0.917 bits per heavy atom. The maximum atomic E-state index is 5.88. The van der Waals surface area contributed by atoms with Gasteiger partial charge in [0.1, 0.15) is 5.58 Å². The molecule has 24 heavy (non-hydrogen) atoms. The topological polar surface area (TPSA) is 13.1 Å². The molecule has 0 spiro atoms. The van der Waals surface area contributed by atoms with Gasteiger partial charge >= 0.3 is 17.1 Å². The van der Waals surface area contributed by atoms with Crippen molar-refractivity contribution in [3.63, 3.8) is 0 Å². The van der Waals surface area contributed by atoms with E-state index < -0.39 is 0 Å². The Bertz CT molecular complexity index is 826. The molecular weight excluding hydrogens is 336 g/mol. The summed E-state index contributed by atoms with van der Waals surface area (Å²) in [5.41, 5.74) is 3.61. The molecule has 0 radical (unpaired) electrons. The van der Waals surface area contributed by atoms with Crippen molar-refractivity contribution >= 4 is 11.0 Å². The molecule has 0 N–H and O–H groups in total. The molecule has 2 heteroatoms. The van der Waals surface area contributed by atoms with Gasteiger partial charge < -0.3 is 4.42 Å². The Kier molecular flexibility index (Phi) is 5.88. The molecule has 0 aliphatic rings. The molecule has 0 bridgehead atoms. The van der Waals surface area contributed by atoms with Crippen LogP contribution < -0.4 is 0 Å². The van der Waals surface area contributed by atoms with Gasteiger partial charge in [-0.1, -0.05) is 44.5 Å². The maximum Gasteiger partial charge on any atom is 2.00 e. The van der Waals surface area contributed by atoms with Gasteiger partial charge in [-0.05, 0) is 22.4 Å². The average Bonchev–Trinajstić information content (AvgIpc) is 3.26. The van der Waals surface area contributed by atoms with Crippen molar-refractivity contribution in [2.24, 2.45) is 0 Å². The van der Waals surface area contributed by atoms with Crippen LogP contribution in [0.4, 0.5) is 0 Å². The molecule has 0 aliphatic heterocycles. The molecule has 0 saturated carbocycles. The van der Waals surface area contributed by atoms with E-state index in [1.807, 2.05) is 42.5 Å². The second-order valence-corrected chi connectivity index (χ2v) is 6.75. The van der Waals surface area contributed by atoms with Crippen molar-refractivity contribution in [2.75, 3.05) is 0 Å². The maximum absolute atomic E-state index is 5.88. The second-order valence-electron chi connectivity index (χ2n) is 6.75. The van der Waals surface area contributed by atoms with Gasteiger partial charge in [0, 0.05) is 0 Å². The molecular formula is C22H22FeO. The van der Waals surface area contributed by atoms with Gasteiger partial charge in [-0.15, -0.1) is 12.1 Å². The molecule has 0 unspecified atom stereocenters. The van der Waals surface area contributed by atoms with Crippen LogP contribution in [-0.2, 0) is 22.5 Å². The minimum atomic E-state index is 0. The first kappa shape index (κ1) is 18.3. The zero-order valence-electron chi connectivity index (χ0n) is 14.3. The first-order valence-corrected chi connectivity index (χ1v) is 7.97. The van der Waals surface area contributed by atoms with Crippen molar-refractivity contribution < 1.29 is 21.5 Å². The third-order valence-electron chi connectivity index (χ3n) is 3.89. The molecule has 1 nitrogen and oxygen atoms in total. The van der Waals surface area contributed by atoms with E-state index in [1.54, 1.807) is 0 Å². The van der Waals surface area contributed by atoms with E-state index in [0.29, 0.717) is 0 Å². The van der Waals surface area contributed by atoms with Crippen molar-refractivity contribution in [2.45, 2.75) is 26.2 Å². The Morgan fingerprint density at radius 3 is 2.12 bits per heavy atom. The summed E-state index contributed by atoms with van der Waals surface area (Å²) in [7, 11) is 0. The second kappa shape index (κ2) is 7.70. The van der Waals surface area contributed by atoms with Crippen molar-refractivity contribution in [3.05, 3.63) is 84.4 Å². The zero-order chi connectivity index (χ0) is 16.3. The van der Waals surface area contributed by atoms with E-state index in [9.17, 15) is 0 Å². The van der Waals surface area contributed by atoms with Crippen molar-refractivity contribution in [1.29, 1.82) is 0 Å². The van der Waals surface area contributed by atoms with Crippen LogP contribution in [0.2, 0.25) is 0 Å². The van der Waals surface area contributed by atoms with Gasteiger partial charge in [-0.3, -0.25) is 0 Å². The van der Waals surface area contributed by atoms with Gasteiger partial charge in [0.05, 0.1) is 5.76 Å². The largest absolute Gasteiger partial charge is 2.00 e. The molecule has 1 heterocycles. The van der Waals surface area contributed by atoms with E-state index in [-0.39, 0.29) is 22.5 Å². The van der Waals surface area contributed by atoms with Crippen LogP contribution >= 0.6 is 0 Å². The van der Waals surface area contributed by atoms with Crippen LogP contribution in [0.25, 0.3) is 22.3 Å². The predicted molar refractivity (Wildman–Crippen MR) is 98.0 cm³/mol. The van der Waals surface area contributed by atoms with Gasteiger partial charge in [-0.25, -0.2) is 12.1 Å². The molecule has 0 aliphatic carbocycles. The number of furan rings is 1. The van der Waals surface area contributed by atoms with Crippen LogP contribution in [0.1, 0.15) is 26.3 Å². The Hall–Kier alpha value is -2.02. The number of hydrogen-bond donors (Lipinski definition) is 0. The minimum absolute atomic E-state index is 0.